The summed E-state index contributed by atoms with van der Waals surface area (Å²) in [5.41, 5.74) is 4.10. The molecule has 1 aromatic heterocycles. The van der Waals surface area contributed by atoms with E-state index in [-0.39, 0.29) is 0 Å². The Labute approximate surface area is 122 Å². The fraction of sp³-hybridized carbons (Fsp3) is 0. The van der Waals surface area contributed by atoms with E-state index in [0.29, 0.717) is 11.4 Å². The molecule has 0 aliphatic rings. The van der Waals surface area contributed by atoms with Gasteiger partial charge in [0.25, 0.3) is 0 Å². The molecule has 3 aromatic rings. The summed E-state index contributed by atoms with van der Waals surface area (Å²) in [6.45, 7) is 0. The van der Waals surface area contributed by atoms with Crippen LogP contribution in [0.3, 0.4) is 0 Å². The van der Waals surface area contributed by atoms with E-state index in [0.717, 1.165) is 16.7 Å². The van der Waals surface area contributed by atoms with Gasteiger partial charge in [-0.05, 0) is 11.1 Å². The van der Waals surface area contributed by atoms with Crippen molar-refractivity contribution in [2.45, 2.75) is 0 Å². The Balaban J connectivity index is 1.82. The molecule has 0 radical (unpaired) electrons. The molecular formula is C17H12N4. The van der Waals surface area contributed by atoms with Crippen LogP contribution in [-0.4, -0.2) is 15.4 Å². The Morgan fingerprint density at radius 2 is 1.57 bits per heavy atom. The molecule has 0 aliphatic heterocycles. The number of nitriles is 1. The summed E-state index contributed by atoms with van der Waals surface area (Å²) >= 11 is 0. The average Bonchev–Trinajstić information content (AvgIpc) is 3.03. The van der Waals surface area contributed by atoms with Crippen LogP contribution in [0, 0.1) is 11.3 Å². The van der Waals surface area contributed by atoms with Crippen LogP contribution in [0.1, 0.15) is 16.8 Å². The zero-order valence-electron chi connectivity index (χ0n) is 11.2. The number of aromatic amines is 1. The van der Waals surface area contributed by atoms with Crippen LogP contribution >= 0.6 is 0 Å². The lowest BCUT2D eigenvalue weighted by atomic mass is 10.1. The van der Waals surface area contributed by atoms with Gasteiger partial charge in [-0.1, -0.05) is 72.0 Å². The van der Waals surface area contributed by atoms with Crippen molar-refractivity contribution in [3.05, 3.63) is 71.4 Å². The van der Waals surface area contributed by atoms with Gasteiger partial charge in [0.15, 0.2) is 5.69 Å². The molecule has 0 saturated heterocycles. The molecule has 0 fully saturated rings. The van der Waals surface area contributed by atoms with Crippen molar-refractivity contribution >= 4 is 12.2 Å². The molecular weight excluding hydrogens is 260 g/mol. The van der Waals surface area contributed by atoms with Crippen molar-refractivity contribution in [3.63, 3.8) is 0 Å². The number of rotatable bonds is 3. The molecule has 0 spiro atoms. The highest BCUT2D eigenvalue weighted by atomic mass is 15.3. The van der Waals surface area contributed by atoms with E-state index in [2.05, 4.69) is 39.7 Å². The van der Waals surface area contributed by atoms with Crippen molar-refractivity contribution in [2.75, 3.05) is 0 Å². The number of hydrogen-bond donors (Lipinski definition) is 1. The minimum Gasteiger partial charge on any atom is -0.256 e. The van der Waals surface area contributed by atoms with Gasteiger partial charge in [-0.15, -0.1) is 5.10 Å². The van der Waals surface area contributed by atoms with Crippen molar-refractivity contribution in [1.82, 2.24) is 15.4 Å². The van der Waals surface area contributed by atoms with Gasteiger partial charge in [-0.2, -0.15) is 5.26 Å². The first kappa shape index (κ1) is 12.8. The average molecular weight is 272 g/mol. The Morgan fingerprint density at radius 3 is 2.24 bits per heavy atom. The van der Waals surface area contributed by atoms with Gasteiger partial charge in [0.2, 0.25) is 0 Å². The van der Waals surface area contributed by atoms with Gasteiger partial charge < -0.3 is 0 Å². The van der Waals surface area contributed by atoms with E-state index in [1.54, 1.807) is 0 Å². The van der Waals surface area contributed by atoms with E-state index in [1.807, 2.05) is 48.5 Å². The van der Waals surface area contributed by atoms with Crippen molar-refractivity contribution in [3.8, 4) is 17.3 Å². The van der Waals surface area contributed by atoms with Crippen LogP contribution in [0.25, 0.3) is 23.4 Å². The van der Waals surface area contributed by atoms with Crippen LogP contribution < -0.4 is 0 Å². The molecule has 0 bridgehead atoms. The molecule has 0 aliphatic carbocycles. The third-order valence-electron chi connectivity index (χ3n) is 3.12. The molecule has 2 aromatic carbocycles. The minimum absolute atomic E-state index is 0.308. The highest BCUT2D eigenvalue weighted by molar-refractivity contribution is 5.72. The first-order valence-corrected chi connectivity index (χ1v) is 6.51. The first-order valence-electron chi connectivity index (χ1n) is 6.51. The maximum Gasteiger partial charge on any atom is 0.190 e. The van der Waals surface area contributed by atoms with E-state index in [1.165, 1.54) is 0 Å². The Bertz CT molecular complexity index is 793. The van der Waals surface area contributed by atoms with Gasteiger partial charge in [-0.25, -0.2) is 0 Å². The predicted molar refractivity (Wildman–Crippen MR) is 81.9 cm³/mol. The predicted octanol–water partition coefficient (Wildman–Crippen LogP) is 3.51. The van der Waals surface area contributed by atoms with Crippen molar-refractivity contribution in [1.29, 1.82) is 5.26 Å². The fourth-order valence-corrected chi connectivity index (χ4v) is 2.02. The standard InChI is InChI=1S/C17H12N4/c18-12-16-17(20-21-19-16)15-10-8-14(9-11-15)7-6-13-4-2-1-3-5-13/h1-11H,(H,19,20,21). The quantitative estimate of drug-likeness (QED) is 0.742. The second-order valence-electron chi connectivity index (χ2n) is 4.51. The Kier molecular flexibility index (Phi) is 3.57. The highest BCUT2D eigenvalue weighted by Crippen LogP contribution is 2.20. The summed E-state index contributed by atoms with van der Waals surface area (Å²) in [7, 11) is 0. The summed E-state index contributed by atoms with van der Waals surface area (Å²) in [6, 6.07) is 20.0. The Hall–Kier alpha value is -3.19. The number of hydrogen-bond acceptors (Lipinski definition) is 3. The summed E-state index contributed by atoms with van der Waals surface area (Å²) in [4.78, 5) is 0. The second kappa shape index (κ2) is 5.85. The molecule has 3 rings (SSSR count). The fourth-order valence-electron chi connectivity index (χ4n) is 2.02. The number of nitrogens with zero attached hydrogens (tertiary/aromatic N) is 3. The van der Waals surface area contributed by atoms with E-state index in [9.17, 15) is 0 Å². The molecule has 1 heterocycles. The van der Waals surface area contributed by atoms with Crippen LogP contribution in [0.2, 0.25) is 0 Å². The SMILES string of the molecule is N#Cc1nn[nH]c1-c1ccc(C=Cc2ccccc2)cc1. The molecule has 0 atom stereocenters. The number of H-pyrrole nitrogens is 1. The largest absolute Gasteiger partial charge is 0.256 e. The van der Waals surface area contributed by atoms with E-state index < -0.39 is 0 Å². The van der Waals surface area contributed by atoms with Crippen LogP contribution in [0.4, 0.5) is 0 Å². The lowest BCUT2D eigenvalue weighted by molar-refractivity contribution is 0.937. The number of aromatic nitrogens is 3. The third-order valence-corrected chi connectivity index (χ3v) is 3.12. The maximum absolute atomic E-state index is 8.95. The van der Waals surface area contributed by atoms with Gasteiger partial charge in [0.1, 0.15) is 11.8 Å². The summed E-state index contributed by atoms with van der Waals surface area (Å²) in [5.74, 6) is 0. The van der Waals surface area contributed by atoms with Crippen molar-refractivity contribution < 1.29 is 0 Å². The lowest BCUT2D eigenvalue weighted by Gasteiger charge is -1.99. The monoisotopic (exact) mass is 272 g/mol. The number of benzene rings is 2. The van der Waals surface area contributed by atoms with Gasteiger partial charge in [0.05, 0.1) is 0 Å². The zero-order chi connectivity index (χ0) is 14.5. The van der Waals surface area contributed by atoms with E-state index >= 15 is 0 Å². The number of nitrogens with one attached hydrogen (secondary N) is 1. The molecule has 0 amide bonds. The van der Waals surface area contributed by atoms with Gasteiger partial charge >= 0.3 is 0 Å². The molecule has 4 nitrogen and oxygen atoms in total. The Morgan fingerprint density at radius 1 is 0.905 bits per heavy atom. The second-order valence-corrected chi connectivity index (χ2v) is 4.51. The molecule has 1 N–H and O–H groups in total. The lowest BCUT2D eigenvalue weighted by Crippen LogP contribution is -1.83. The first-order chi connectivity index (χ1) is 10.4. The summed E-state index contributed by atoms with van der Waals surface area (Å²) in [5, 5.41) is 19.1. The third kappa shape index (κ3) is 2.88. The molecule has 0 saturated carbocycles. The van der Waals surface area contributed by atoms with Crippen molar-refractivity contribution in [2.24, 2.45) is 0 Å². The van der Waals surface area contributed by atoms with Crippen LogP contribution in [-0.2, 0) is 0 Å². The van der Waals surface area contributed by atoms with Crippen LogP contribution in [0.15, 0.2) is 54.6 Å². The normalized spacial score (nSPS) is 10.6. The van der Waals surface area contributed by atoms with Gasteiger partial charge in [0, 0.05) is 5.56 Å². The zero-order valence-corrected chi connectivity index (χ0v) is 11.2. The maximum atomic E-state index is 8.95. The highest BCUT2D eigenvalue weighted by Gasteiger charge is 2.07. The molecule has 0 unspecified atom stereocenters. The van der Waals surface area contributed by atoms with Crippen LogP contribution in [0.5, 0.6) is 0 Å². The van der Waals surface area contributed by atoms with Gasteiger partial charge in [-0.3, -0.25) is 5.10 Å². The topological polar surface area (TPSA) is 65.4 Å². The molecule has 100 valence electrons. The van der Waals surface area contributed by atoms with E-state index in [4.69, 9.17) is 5.26 Å². The molecule has 4 heteroatoms. The summed E-state index contributed by atoms with van der Waals surface area (Å²) < 4.78 is 0. The molecule has 21 heavy (non-hydrogen) atoms. The minimum atomic E-state index is 0.308. The summed E-state index contributed by atoms with van der Waals surface area (Å²) in [6.07, 6.45) is 4.11. The smallest absolute Gasteiger partial charge is 0.190 e.